The lowest BCUT2D eigenvalue weighted by molar-refractivity contribution is 0.0692. The second-order valence-electron chi connectivity index (χ2n) is 5.77. The molecule has 1 fully saturated rings. The molecule has 1 aliphatic rings. The highest BCUT2D eigenvalue weighted by Crippen LogP contribution is 2.50. The highest BCUT2D eigenvalue weighted by Gasteiger charge is 2.45. The van der Waals surface area contributed by atoms with Crippen LogP contribution in [0.1, 0.15) is 36.5 Å². The molecule has 0 radical (unpaired) electrons. The Morgan fingerprint density at radius 2 is 2.16 bits per heavy atom. The molecule has 1 aromatic rings. The second-order valence-corrected chi connectivity index (χ2v) is 5.77. The van der Waals surface area contributed by atoms with Gasteiger partial charge in [-0.05, 0) is 30.7 Å². The zero-order chi connectivity index (χ0) is 14.2. The normalized spacial score (nSPS) is 19.8. The molecule has 0 saturated heterocycles. The van der Waals surface area contributed by atoms with Crippen LogP contribution < -0.4 is 10.6 Å². The Morgan fingerprint density at radius 1 is 1.53 bits per heavy atom. The number of amides is 2. The summed E-state index contributed by atoms with van der Waals surface area (Å²) in [7, 11) is 0. The number of nitrogens with one attached hydrogen (secondary N) is 3. The molecule has 2 amide bonds. The molecule has 19 heavy (non-hydrogen) atoms. The van der Waals surface area contributed by atoms with Crippen LogP contribution in [0.3, 0.4) is 0 Å². The lowest BCUT2D eigenvalue weighted by atomic mass is 10.1. The van der Waals surface area contributed by atoms with Crippen molar-refractivity contribution in [3.05, 3.63) is 17.5 Å². The first-order chi connectivity index (χ1) is 8.79. The minimum atomic E-state index is -1.09. The number of carbonyl (C=O) groups excluding carboxylic acids is 1. The lowest BCUT2D eigenvalue weighted by Crippen LogP contribution is -2.31. The molecule has 4 N–H and O–H groups in total. The van der Waals surface area contributed by atoms with Gasteiger partial charge in [-0.1, -0.05) is 13.8 Å². The smallest absolute Gasteiger partial charge is 0.354 e. The fourth-order valence-corrected chi connectivity index (χ4v) is 2.16. The quantitative estimate of drug-likeness (QED) is 0.672. The molecular formula is C13H19N3O3. The zero-order valence-electron chi connectivity index (χ0n) is 11.3. The van der Waals surface area contributed by atoms with Gasteiger partial charge in [0.25, 0.3) is 0 Å². The minimum Gasteiger partial charge on any atom is -0.477 e. The number of aromatic amines is 1. The molecule has 0 aromatic carbocycles. The summed E-state index contributed by atoms with van der Waals surface area (Å²) in [6, 6.07) is 1.23. The number of carboxylic acids is 1. The van der Waals surface area contributed by atoms with Crippen molar-refractivity contribution in [1.82, 2.24) is 10.3 Å². The van der Waals surface area contributed by atoms with Gasteiger partial charge in [0.2, 0.25) is 0 Å². The van der Waals surface area contributed by atoms with Crippen LogP contribution in [0.5, 0.6) is 0 Å². The fraction of sp³-hybridized carbons (Fsp3) is 0.538. The van der Waals surface area contributed by atoms with Gasteiger partial charge in [-0.2, -0.15) is 0 Å². The van der Waals surface area contributed by atoms with Crippen LogP contribution in [0.2, 0.25) is 0 Å². The SMILES string of the molecule is Cc1cc(NC(=O)NCC2CC2(C)C)c(C(=O)O)[nH]1. The molecular weight excluding hydrogens is 246 g/mol. The van der Waals surface area contributed by atoms with Gasteiger partial charge >= 0.3 is 12.0 Å². The van der Waals surface area contributed by atoms with Crippen LogP contribution in [0.15, 0.2) is 6.07 Å². The molecule has 1 aliphatic carbocycles. The van der Waals surface area contributed by atoms with Gasteiger partial charge in [-0.15, -0.1) is 0 Å². The maximum Gasteiger partial charge on any atom is 0.354 e. The first-order valence-electron chi connectivity index (χ1n) is 6.27. The van der Waals surface area contributed by atoms with E-state index in [1.165, 1.54) is 0 Å². The molecule has 1 unspecified atom stereocenters. The number of aromatic nitrogens is 1. The van der Waals surface area contributed by atoms with Crippen LogP contribution in [0.4, 0.5) is 10.5 Å². The van der Waals surface area contributed by atoms with Crippen molar-refractivity contribution in [2.75, 3.05) is 11.9 Å². The van der Waals surface area contributed by atoms with Crippen molar-refractivity contribution >= 4 is 17.7 Å². The largest absolute Gasteiger partial charge is 0.477 e. The van der Waals surface area contributed by atoms with E-state index < -0.39 is 5.97 Å². The van der Waals surface area contributed by atoms with E-state index >= 15 is 0 Å². The first kappa shape index (κ1) is 13.5. The van der Waals surface area contributed by atoms with Crippen molar-refractivity contribution < 1.29 is 14.7 Å². The Labute approximate surface area is 111 Å². The third-order valence-corrected chi connectivity index (χ3v) is 3.64. The average molecular weight is 265 g/mol. The standard InChI is InChI=1S/C13H19N3O3/c1-7-4-9(10(15-7)11(17)18)16-12(19)14-6-8-5-13(8,2)3/h4,8,15H,5-6H2,1-3H3,(H,17,18)(H2,14,16,19). The number of urea groups is 1. The third-order valence-electron chi connectivity index (χ3n) is 3.64. The van der Waals surface area contributed by atoms with Gasteiger partial charge in [-0.25, -0.2) is 9.59 Å². The summed E-state index contributed by atoms with van der Waals surface area (Å²) in [6.45, 7) is 6.68. The summed E-state index contributed by atoms with van der Waals surface area (Å²) in [5.41, 5.74) is 1.29. The van der Waals surface area contributed by atoms with Crippen LogP contribution in [-0.2, 0) is 0 Å². The van der Waals surface area contributed by atoms with E-state index in [0.717, 1.165) is 6.42 Å². The van der Waals surface area contributed by atoms with E-state index in [-0.39, 0.29) is 17.4 Å². The summed E-state index contributed by atoms with van der Waals surface area (Å²) in [4.78, 5) is 25.4. The summed E-state index contributed by atoms with van der Waals surface area (Å²) in [5.74, 6) is -0.586. The molecule has 6 heteroatoms. The van der Waals surface area contributed by atoms with E-state index in [2.05, 4.69) is 29.5 Å². The Balaban J connectivity index is 1.90. The molecule has 6 nitrogen and oxygen atoms in total. The van der Waals surface area contributed by atoms with Gasteiger partial charge in [0, 0.05) is 12.2 Å². The summed E-state index contributed by atoms with van der Waals surface area (Å²) < 4.78 is 0. The summed E-state index contributed by atoms with van der Waals surface area (Å²) >= 11 is 0. The summed E-state index contributed by atoms with van der Waals surface area (Å²) in [6.07, 6.45) is 1.11. The molecule has 104 valence electrons. The topological polar surface area (TPSA) is 94.2 Å². The number of aryl methyl sites for hydroxylation is 1. The van der Waals surface area contributed by atoms with Gasteiger partial charge in [0.05, 0.1) is 5.69 Å². The Kier molecular flexibility index (Phi) is 3.26. The van der Waals surface area contributed by atoms with Crippen LogP contribution in [-0.4, -0.2) is 28.6 Å². The molecule has 1 saturated carbocycles. The fourth-order valence-electron chi connectivity index (χ4n) is 2.16. The predicted octanol–water partition coefficient (Wildman–Crippen LogP) is 2.19. The minimum absolute atomic E-state index is 0.000554. The average Bonchev–Trinajstić information content (AvgIpc) is 2.71. The van der Waals surface area contributed by atoms with E-state index in [4.69, 9.17) is 5.11 Å². The van der Waals surface area contributed by atoms with Crippen LogP contribution >= 0.6 is 0 Å². The van der Waals surface area contributed by atoms with Gasteiger partial charge < -0.3 is 20.7 Å². The predicted molar refractivity (Wildman–Crippen MR) is 71.4 cm³/mol. The number of carboxylic acid groups (broad SMARTS) is 1. The van der Waals surface area contributed by atoms with Crippen molar-refractivity contribution in [1.29, 1.82) is 0 Å². The molecule has 1 aromatic heterocycles. The number of hydrogen-bond acceptors (Lipinski definition) is 2. The Morgan fingerprint density at radius 3 is 2.68 bits per heavy atom. The number of H-pyrrole nitrogens is 1. The highest BCUT2D eigenvalue weighted by atomic mass is 16.4. The highest BCUT2D eigenvalue weighted by molar-refractivity contribution is 5.99. The molecule has 0 spiro atoms. The van der Waals surface area contributed by atoms with Gasteiger partial charge in [0.15, 0.2) is 0 Å². The van der Waals surface area contributed by atoms with Crippen LogP contribution in [0.25, 0.3) is 0 Å². The zero-order valence-corrected chi connectivity index (χ0v) is 11.3. The van der Waals surface area contributed by atoms with E-state index in [0.29, 0.717) is 23.6 Å². The lowest BCUT2D eigenvalue weighted by Gasteiger charge is -2.08. The number of anilines is 1. The molecule has 2 rings (SSSR count). The number of rotatable bonds is 4. The maximum absolute atomic E-state index is 11.7. The van der Waals surface area contributed by atoms with E-state index in [9.17, 15) is 9.59 Å². The van der Waals surface area contributed by atoms with Crippen molar-refractivity contribution in [3.8, 4) is 0 Å². The molecule has 1 heterocycles. The number of aromatic carboxylic acids is 1. The van der Waals surface area contributed by atoms with Crippen LogP contribution in [0, 0.1) is 18.3 Å². The molecule has 0 bridgehead atoms. The molecule has 1 atom stereocenters. The molecule has 0 aliphatic heterocycles. The van der Waals surface area contributed by atoms with Crippen molar-refractivity contribution in [2.45, 2.75) is 27.2 Å². The first-order valence-corrected chi connectivity index (χ1v) is 6.27. The van der Waals surface area contributed by atoms with Gasteiger partial charge in [-0.3, -0.25) is 0 Å². The maximum atomic E-state index is 11.7. The van der Waals surface area contributed by atoms with Crippen molar-refractivity contribution in [3.63, 3.8) is 0 Å². The second kappa shape index (κ2) is 4.60. The van der Waals surface area contributed by atoms with Gasteiger partial charge in [0.1, 0.15) is 5.69 Å². The number of hydrogen-bond donors (Lipinski definition) is 4. The monoisotopic (exact) mass is 265 g/mol. The Bertz CT molecular complexity index is 519. The van der Waals surface area contributed by atoms with E-state index in [1.807, 2.05) is 0 Å². The third kappa shape index (κ3) is 3.07. The Hall–Kier alpha value is -1.98. The summed E-state index contributed by atoms with van der Waals surface area (Å²) in [5, 5.41) is 14.3. The van der Waals surface area contributed by atoms with Crippen molar-refractivity contribution in [2.24, 2.45) is 11.3 Å². The number of carbonyl (C=O) groups is 2. The van der Waals surface area contributed by atoms with E-state index in [1.54, 1.807) is 13.0 Å².